The van der Waals surface area contributed by atoms with E-state index >= 15 is 0 Å². The number of hydrogen-bond donors (Lipinski definition) is 1. The van der Waals surface area contributed by atoms with Gasteiger partial charge >= 0.3 is 6.03 Å². The number of pyridine rings is 1. The van der Waals surface area contributed by atoms with Crippen molar-refractivity contribution in [2.24, 2.45) is 0 Å². The first-order chi connectivity index (χ1) is 13.7. The lowest BCUT2D eigenvalue weighted by molar-refractivity contribution is 0.0819. The minimum Gasteiger partial charge on any atom is -0.491 e. The van der Waals surface area contributed by atoms with Crippen LogP contribution in [-0.2, 0) is 16.0 Å². The highest BCUT2D eigenvalue weighted by molar-refractivity contribution is 5.89. The summed E-state index contributed by atoms with van der Waals surface area (Å²) in [5.74, 6) is 0.738. The second-order valence-electron chi connectivity index (χ2n) is 6.67. The minimum atomic E-state index is -0.160. The summed E-state index contributed by atoms with van der Waals surface area (Å²) in [5, 5.41) is 2.96. The van der Waals surface area contributed by atoms with Crippen LogP contribution >= 0.6 is 0 Å². The Bertz CT molecular complexity index is 718. The normalized spacial score (nSPS) is 16.0. The van der Waals surface area contributed by atoms with Crippen molar-refractivity contribution in [2.75, 3.05) is 38.8 Å². The van der Waals surface area contributed by atoms with Crippen LogP contribution in [0, 0.1) is 0 Å². The summed E-state index contributed by atoms with van der Waals surface area (Å²) in [6.07, 6.45) is 5.60. The summed E-state index contributed by atoms with van der Waals surface area (Å²) in [6, 6.07) is 11.0. The monoisotopic (exact) mass is 385 g/mol. The third kappa shape index (κ3) is 6.21. The van der Waals surface area contributed by atoms with Crippen LogP contribution < -0.4 is 10.1 Å². The number of hydrogen-bond acceptors (Lipinski definition) is 5. The van der Waals surface area contributed by atoms with E-state index in [1.54, 1.807) is 24.4 Å². The van der Waals surface area contributed by atoms with E-state index in [0.717, 1.165) is 30.8 Å². The predicted molar refractivity (Wildman–Crippen MR) is 106 cm³/mol. The van der Waals surface area contributed by atoms with Crippen molar-refractivity contribution < 1.29 is 19.0 Å². The van der Waals surface area contributed by atoms with Gasteiger partial charge in [-0.3, -0.25) is 4.98 Å². The quantitative estimate of drug-likeness (QED) is 0.671. The molecule has 1 atom stereocenters. The van der Waals surface area contributed by atoms with Crippen LogP contribution in [0.1, 0.15) is 18.4 Å². The van der Waals surface area contributed by atoms with Gasteiger partial charge in [-0.25, -0.2) is 4.79 Å². The molecule has 3 rings (SSSR count). The Morgan fingerprint density at radius 1 is 1.29 bits per heavy atom. The summed E-state index contributed by atoms with van der Waals surface area (Å²) in [7, 11) is 1.63. The SMILES string of the molecule is COCCOc1ccc(NC(=O)N(Cc2cccnc2)CC2CCCO2)cc1. The van der Waals surface area contributed by atoms with Crippen molar-refractivity contribution in [1.29, 1.82) is 0 Å². The molecule has 0 bridgehead atoms. The van der Waals surface area contributed by atoms with Crippen molar-refractivity contribution in [3.05, 3.63) is 54.4 Å². The van der Waals surface area contributed by atoms with E-state index in [1.807, 2.05) is 36.4 Å². The first kappa shape index (κ1) is 20.1. The predicted octanol–water partition coefficient (Wildman–Crippen LogP) is 3.32. The van der Waals surface area contributed by atoms with E-state index in [-0.39, 0.29) is 12.1 Å². The molecular formula is C21H27N3O4. The maximum Gasteiger partial charge on any atom is 0.322 e. The van der Waals surface area contributed by atoms with Gasteiger partial charge in [0.2, 0.25) is 0 Å². The average Bonchev–Trinajstić information content (AvgIpc) is 3.23. The van der Waals surface area contributed by atoms with Gasteiger partial charge in [0.1, 0.15) is 12.4 Å². The Morgan fingerprint density at radius 2 is 2.14 bits per heavy atom. The number of nitrogens with zero attached hydrogens (tertiary/aromatic N) is 2. The molecule has 150 valence electrons. The number of anilines is 1. The molecule has 2 aromatic rings. The zero-order chi connectivity index (χ0) is 19.6. The largest absolute Gasteiger partial charge is 0.491 e. The summed E-state index contributed by atoms with van der Waals surface area (Å²) < 4.78 is 16.2. The van der Waals surface area contributed by atoms with Crippen LogP contribution in [0.2, 0.25) is 0 Å². The number of rotatable bonds is 9. The number of ether oxygens (including phenoxy) is 3. The summed E-state index contributed by atoms with van der Waals surface area (Å²) in [6.45, 7) is 2.82. The molecule has 1 aromatic heterocycles. The number of aromatic nitrogens is 1. The first-order valence-electron chi connectivity index (χ1n) is 9.53. The third-order valence-electron chi connectivity index (χ3n) is 4.49. The zero-order valence-corrected chi connectivity index (χ0v) is 16.2. The molecule has 0 saturated carbocycles. The standard InChI is InChI=1S/C21H27N3O4/c1-26-12-13-28-19-8-6-18(7-9-19)23-21(25)24(16-20-5-3-11-27-20)15-17-4-2-10-22-14-17/h2,4,6-10,14,20H,3,5,11-13,15-16H2,1H3,(H,23,25). The number of carbonyl (C=O) groups excluding carboxylic acids is 1. The van der Waals surface area contributed by atoms with Crippen molar-refractivity contribution in [2.45, 2.75) is 25.5 Å². The number of amides is 2. The van der Waals surface area contributed by atoms with Gasteiger partial charge in [0.05, 0.1) is 12.7 Å². The summed E-state index contributed by atoms with van der Waals surface area (Å²) in [5.41, 5.74) is 1.70. The van der Waals surface area contributed by atoms with Gasteiger partial charge < -0.3 is 24.4 Å². The van der Waals surface area contributed by atoms with Crippen LogP contribution in [0.25, 0.3) is 0 Å². The van der Waals surface area contributed by atoms with E-state index in [4.69, 9.17) is 14.2 Å². The van der Waals surface area contributed by atoms with Gasteiger partial charge in [-0.1, -0.05) is 6.07 Å². The molecule has 0 radical (unpaired) electrons. The lowest BCUT2D eigenvalue weighted by Crippen LogP contribution is -2.39. The molecule has 1 N–H and O–H groups in total. The molecule has 1 saturated heterocycles. The van der Waals surface area contributed by atoms with Gasteiger partial charge in [0, 0.05) is 44.9 Å². The summed E-state index contributed by atoms with van der Waals surface area (Å²) in [4.78, 5) is 18.8. The van der Waals surface area contributed by atoms with Crippen molar-refractivity contribution in [3.63, 3.8) is 0 Å². The highest BCUT2D eigenvalue weighted by Gasteiger charge is 2.23. The second kappa shape index (κ2) is 10.6. The molecule has 1 aromatic carbocycles. The molecule has 28 heavy (non-hydrogen) atoms. The van der Waals surface area contributed by atoms with Crippen LogP contribution in [-0.4, -0.2) is 55.5 Å². The minimum absolute atomic E-state index is 0.0824. The van der Waals surface area contributed by atoms with Gasteiger partial charge in [0.25, 0.3) is 0 Å². The van der Waals surface area contributed by atoms with E-state index in [0.29, 0.717) is 32.0 Å². The maximum atomic E-state index is 12.9. The third-order valence-corrected chi connectivity index (χ3v) is 4.49. The molecule has 7 nitrogen and oxygen atoms in total. The van der Waals surface area contributed by atoms with Crippen molar-refractivity contribution in [1.82, 2.24) is 9.88 Å². The molecule has 2 heterocycles. The molecule has 0 aliphatic carbocycles. The van der Waals surface area contributed by atoms with Crippen LogP contribution in [0.4, 0.5) is 10.5 Å². The highest BCUT2D eigenvalue weighted by atomic mass is 16.5. The Kier molecular flexibility index (Phi) is 7.63. The Balaban J connectivity index is 1.61. The van der Waals surface area contributed by atoms with Crippen molar-refractivity contribution >= 4 is 11.7 Å². The van der Waals surface area contributed by atoms with Crippen molar-refractivity contribution in [3.8, 4) is 5.75 Å². The first-order valence-corrected chi connectivity index (χ1v) is 9.53. The van der Waals surface area contributed by atoms with E-state index in [2.05, 4.69) is 10.3 Å². The second-order valence-corrected chi connectivity index (χ2v) is 6.67. The van der Waals surface area contributed by atoms with Gasteiger partial charge in [-0.2, -0.15) is 0 Å². The fraction of sp³-hybridized carbons (Fsp3) is 0.429. The highest BCUT2D eigenvalue weighted by Crippen LogP contribution is 2.18. The molecule has 0 spiro atoms. The van der Waals surface area contributed by atoms with Gasteiger partial charge in [-0.15, -0.1) is 0 Å². The Hall–Kier alpha value is -2.64. The molecule has 7 heteroatoms. The fourth-order valence-corrected chi connectivity index (χ4v) is 3.05. The molecule has 1 unspecified atom stereocenters. The van der Waals surface area contributed by atoms with E-state index in [9.17, 15) is 4.79 Å². The maximum absolute atomic E-state index is 12.9. The smallest absolute Gasteiger partial charge is 0.322 e. The topological polar surface area (TPSA) is 72.9 Å². The lowest BCUT2D eigenvalue weighted by atomic mass is 10.2. The average molecular weight is 385 g/mol. The molecular weight excluding hydrogens is 358 g/mol. The number of urea groups is 1. The lowest BCUT2D eigenvalue weighted by Gasteiger charge is -2.26. The Labute approximate surface area is 165 Å². The molecule has 1 aliphatic heterocycles. The molecule has 1 aliphatic rings. The fourth-order valence-electron chi connectivity index (χ4n) is 3.05. The Morgan fingerprint density at radius 3 is 2.82 bits per heavy atom. The van der Waals surface area contributed by atoms with Crippen LogP contribution in [0.15, 0.2) is 48.8 Å². The van der Waals surface area contributed by atoms with Gasteiger partial charge in [-0.05, 0) is 48.7 Å². The number of nitrogens with one attached hydrogen (secondary N) is 1. The number of methoxy groups -OCH3 is 1. The molecule has 2 amide bonds. The zero-order valence-electron chi connectivity index (χ0n) is 16.2. The summed E-state index contributed by atoms with van der Waals surface area (Å²) >= 11 is 0. The molecule has 1 fully saturated rings. The van der Waals surface area contributed by atoms with E-state index in [1.165, 1.54) is 0 Å². The van der Waals surface area contributed by atoms with E-state index < -0.39 is 0 Å². The number of carbonyl (C=O) groups is 1. The van der Waals surface area contributed by atoms with Crippen LogP contribution in [0.5, 0.6) is 5.75 Å². The van der Waals surface area contributed by atoms with Crippen LogP contribution in [0.3, 0.4) is 0 Å². The number of benzene rings is 1. The van der Waals surface area contributed by atoms with Gasteiger partial charge in [0.15, 0.2) is 0 Å².